The number of rotatable bonds is 5. The van der Waals surface area contributed by atoms with Crippen molar-refractivity contribution >= 4 is 22.8 Å². The molecule has 5 rings (SSSR count). The van der Waals surface area contributed by atoms with Gasteiger partial charge in [-0.3, -0.25) is 9.69 Å². The molecular formula is C23H22FN7O. The molecule has 1 atom stereocenters. The van der Waals surface area contributed by atoms with Crippen LogP contribution in [0.5, 0.6) is 0 Å². The largest absolute Gasteiger partial charge is 0.368 e. The molecule has 1 aliphatic rings. The van der Waals surface area contributed by atoms with Gasteiger partial charge in [0.1, 0.15) is 24.0 Å². The van der Waals surface area contributed by atoms with E-state index in [0.29, 0.717) is 31.8 Å². The first-order valence-corrected chi connectivity index (χ1v) is 10.4. The number of hydrogen-bond acceptors (Lipinski definition) is 6. The molecule has 4 aromatic rings. The topological polar surface area (TPSA) is 93.2 Å². The predicted octanol–water partition coefficient (Wildman–Crippen LogP) is 2.30. The van der Waals surface area contributed by atoms with Crippen molar-refractivity contribution < 1.29 is 9.18 Å². The van der Waals surface area contributed by atoms with E-state index in [1.165, 1.54) is 18.5 Å². The number of amides is 1. The Morgan fingerprint density at radius 2 is 1.69 bits per heavy atom. The molecule has 2 aromatic carbocycles. The molecule has 2 aromatic heterocycles. The van der Waals surface area contributed by atoms with E-state index in [0.717, 1.165) is 22.5 Å². The molecule has 1 fully saturated rings. The summed E-state index contributed by atoms with van der Waals surface area (Å²) < 4.78 is 15.0. The number of aromatic nitrogens is 4. The van der Waals surface area contributed by atoms with Gasteiger partial charge in [-0.05, 0) is 29.8 Å². The van der Waals surface area contributed by atoms with Crippen LogP contribution in [-0.4, -0.2) is 56.7 Å². The lowest BCUT2D eigenvalue weighted by Crippen LogP contribution is -2.50. The van der Waals surface area contributed by atoms with Gasteiger partial charge in [-0.15, -0.1) is 0 Å². The van der Waals surface area contributed by atoms with Crippen molar-refractivity contribution in [3.05, 3.63) is 78.5 Å². The molecular weight excluding hydrogens is 409 g/mol. The van der Waals surface area contributed by atoms with Crippen LogP contribution in [0.15, 0.2) is 67.1 Å². The van der Waals surface area contributed by atoms with Crippen molar-refractivity contribution in [1.29, 1.82) is 0 Å². The van der Waals surface area contributed by atoms with Gasteiger partial charge in [-0.25, -0.2) is 19.0 Å². The standard InChI is InChI=1S/C23H22FN7O/c24-17-6-8-18(9-7-17)31-23-19(14-28-31)22(26-15-27-23)30-12-10-29(11-13-30)20(21(25)32)16-4-2-1-3-5-16/h1-9,14-15,20H,10-13H2,(H2,25,32). The second kappa shape index (κ2) is 8.35. The minimum Gasteiger partial charge on any atom is -0.368 e. The summed E-state index contributed by atoms with van der Waals surface area (Å²) in [7, 11) is 0. The minimum absolute atomic E-state index is 0.303. The zero-order valence-electron chi connectivity index (χ0n) is 17.3. The van der Waals surface area contributed by atoms with Crippen molar-refractivity contribution in [3.63, 3.8) is 0 Å². The van der Waals surface area contributed by atoms with Crippen molar-refractivity contribution in [1.82, 2.24) is 24.6 Å². The molecule has 3 heterocycles. The molecule has 1 amide bonds. The summed E-state index contributed by atoms with van der Waals surface area (Å²) in [6, 6.07) is 15.3. The van der Waals surface area contributed by atoms with Crippen LogP contribution in [0.25, 0.3) is 16.7 Å². The van der Waals surface area contributed by atoms with Gasteiger partial charge in [-0.1, -0.05) is 30.3 Å². The first-order chi connectivity index (χ1) is 15.6. The Kier molecular flexibility index (Phi) is 5.24. The second-order valence-electron chi connectivity index (χ2n) is 7.71. The summed E-state index contributed by atoms with van der Waals surface area (Å²) >= 11 is 0. The van der Waals surface area contributed by atoms with E-state index in [1.807, 2.05) is 30.3 Å². The van der Waals surface area contributed by atoms with Crippen molar-refractivity contribution in [2.45, 2.75) is 6.04 Å². The number of piperazine rings is 1. The summed E-state index contributed by atoms with van der Waals surface area (Å²) in [6.07, 6.45) is 3.25. The van der Waals surface area contributed by atoms with Gasteiger partial charge in [0.05, 0.1) is 17.3 Å². The van der Waals surface area contributed by atoms with Gasteiger partial charge in [-0.2, -0.15) is 5.10 Å². The van der Waals surface area contributed by atoms with E-state index in [-0.39, 0.29) is 11.7 Å². The number of benzene rings is 2. The number of primary amides is 1. The molecule has 0 saturated carbocycles. The zero-order chi connectivity index (χ0) is 22.1. The summed E-state index contributed by atoms with van der Waals surface area (Å²) in [4.78, 5) is 25.4. The van der Waals surface area contributed by atoms with Crippen LogP contribution >= 0.6 is 0 Å². The van der Waals surface area contributed by atoms with E-state index in [2.05, 4.69) is 24.9 Å². The number of halogens is 1. The number of nitrogens with zero attached hydrogens (tertiary/aromatic N) is 6. The average Bonchev–Trinajstić information content (AvgIpc) is 3.25. The van der Waals surface area contributed by atoms with Gasteiger partial charge < -0.3 is 10.6 Å². The van der Waals surface area contributed by atoms with Crippen molar-refractivity contribution in [2.24, 2.45) is 5.73 Å². The predicted molar refractivity (Wildman–Crippen MR) is 119 cm³/mol. The molecule has 1 aliphatic heterocycles. The normalized spacial score (nSPS) is 15.7. The van der Waals surface area contributed by atoms with Crippen LogP contribution < -0.4 is 10.6 Å². The van der Waals surface area contributed by atoms with Crippen LogP contribution in [0.1, 0.15) is 11.6 Å². The van der Waals surface area contributed by atoms with Crippen molar-refractivity contribution in [2.75, 3.05) is 31.1 Å². The highest BCUT2D eigenvalue weighted by Crippen LogP contribution is 2.28. The van der Waals surface area contributed by atoms with Gasteiger partial charge in [0, 0.05) is 26.2 Å². The molecule has 8 nitrogen and oxygen atoms in total. The van der Waals surface area contributed by atoms with Gasteiger partial charge in [0.25, 0.3) is 0 Å². The second-order valence-corrected chi connectivity index (χ2v) is 7.71. The highest BCUT2D eigenvalue weighted by Gasteiger charge is 2.30. The lowest BCUT2D eigenvalue weighted by molar-refractivity contribution is -0.123. The number of anilines is 1. The Labute approximate surface area is 184 Å². The zero-order valence-corrected chi connectivity index (χ0v) is 17.3. The monoisotopic (exact) mass is 431 g/mol. The fraction of sp³-hybridized carbons (Fsp3) is 0.217. The summed E-state index contributed by atoms with van der Waals surface area (Å²) in [5, 5.41) is 5.27. The smallest absolute Gasteiger partial charge is 0.239 e. The highest BCUT2D eigenvalue weighted by atomic mass is 19.1. The number of fused-ring (bicyclic) bond motifs is 1. The number of hydrogen-bond donors (Lipinski definition) is 1. The molecule has 162 valence electrons. The maximum Gasteiger partial charge on any atom is 0.239 e. The number of carbonyl (C=O) groups is 1. The first-order valence-electron chi connectivity index (χ1n) is 10.4. The van der Waals surface area contributed by atoms with Gasteiger partial charge >= 0.3 is 0 Å². The van der Waals surface area contributed by atoms with E-state index >= 15 is 0 Å². The average molecular weight is 431 g/mol. The molecule has 1 saturated heterocycles. The molecule has 1 unspecified atom stereocenters. The van der Waals surface area contributed by atoms with Gasteiger partial charge in [0.15, 0.2) is 5.65 Å². The molecule has 0 aliphatic carbocycles. The maximum absolute atomic E-state index is 13.3. The third-order valence-electron chi connectivity index (χ3n) is 5.78. The third-order valence-corrected chi connectivity index (χ3v) is 5.78. The van der Waals surface area contributed by atoms with Crippen LogP contribution in [0.4, 0.5) is 10.2 Å². The molecule has 0 radical (unpaired) electrons. The minimum atomic E-state index is -0.454. The Morgan fingerprint density at radius 3 is 2.38 bits per heavy atom. The van der Waals surface area contributed by atoms with Crippen LogP contribution in [0.2, 0.25) is 0 Å². The molecule has 0 bridgehead atoms. The van der Waals surface area contributed by atoms with Crippen LogP contribution in [-0.2, 0) is 4.79 Å². The molecule has 9 heteroatoms. The Balaban J connectivity index is 1.38. The fourth-order valence-electron chi connectivity index (χ4n) is 4.24. The highest BCUT2D eigenvalue weighted by molar-refractivity contribution is 5.87. The van der Waals surface area contributed by atoms with Crippen LogP contribution in [0.3, 0.4) is 0 Å². The SMILES string of the molecule is NC(=O)C(c1ccccc1)N1CCN(c2ncnc3c2cnn3-c2ccc(F)cc2)CC1. The van der Waals surface area contributed by atoms with Crippen LogP contribution in [0, 0.1) is 5.82 Å². The van der Waals surface area contributed by atoms with E-state index in [1.54, 1.807) is 23.0 Å². The number of carbonyl (C=O) groups excluding carboxylic acids is 1. The molecule has 0 spiro atoms. The lowest BCUT2D eigenvalue weighted by Gasteiger charge is -2.38. The first kappa shape index (κ1) is 20.1. The Morgan fingerprint density at radius 1 is 0.969 bits per heavy atom. The summed E-state index contributed by atoms with van der Waals surface area (Å²) in [5.41, 5.74) is 8.02. The quantitative estimate of drug-likeness (QED) is 0.521. The fourth-order valence-corrected chi connectivity index (χ4v) is 4.24. The van der Waals surface area contributed by atoms with E-state index < -0.39 is 6.04 Å². The van der Waals surface area contributed by atoms with Gasteiger partial charge in [0.2, 0.25) is 5.91 Å². The summed E-state index contributed by atoms with van der Waals surface area (Å²) in [5.74, 6) is 0.135. The van der Waals surface area contributed by atoms with E-state index in [9.17, 15) is 9.18 Å². The molecule has 32 heavy (non-hydrogen) atoms. The van der Waals surface area contributed by atoms with Crippen molar-refractivity contribution in [3.8, 4) is 5.69 Å². The number of nitrogens with two attached hydrogens (primary N) is 1. The molecule has 2 N–H and O–H groups in total. The Hall–Kier alpha value is -3.85. The third kappa shape index (κ3) is 3.67. The lowest BCUT2D eigenvalue weighted by atomic mass is 10.0. The Bertz CT molecular complexity index is 1230. The maximum atomic E-state index is 13.3. The summed E-state index contributed by atoms with van der Waals surface area (Å²) in [6.45, 7) is 2.70. The van der Waals surface area contributed by atoms with E-state index in [4.69, 9.17) is 5.73 Å².